The number of rotatable bonds is 5. The quantitative estimate of drug-likeness (QED) is 0.810. The van der Waals surface area contributed by atoms with Gasteiger partial charge in [0.25, 0.3) is 0 Å². The Kier molecular flexibility index (Phi) is 4.66. The van der Waals surface area contributed by atoms with Crippen LogP contribution < -0.4 is 5.32 Å². The number of aryl methyl sites for hydroxylation is 2. The van der Waals surface area contributed by atoms with Crippen LogP contribution in [0.4, 0.5) is 5.69 Å². The summed E-state index contributed by atoms with van der Waals surface area (Å²) in [4.78, 5) is 21.6. The molecule has 17 heavy (non-hydrogen) atoms. The number of carbonyl (C=O) groups excluding carboxylic acids is 1. The van der Waals surface area contributed by atoms with Gasteiger partial charge in [0.15, 0.2) is 0 Å². The van der Waals surface area contributed by atoms with Crippen molar-refractivity contribution >= 4 is 17.6 Å². The van der Waals surface area contributed by atoms with Gasteiger partial charge in [-0.3, -0.25) is 4.79 Å². The van der Waals surface area contributed by atoms with E-state index in [9.17, 15) is 9.59 Å². The van der Waals surface area contributed by atoms with E-state index in [1.54, 1.807) is 0 Å². The Morgan fingerprint density at radius 3 is 2.29 bits per heavy atom. The largest absolute Gasteiger partial charge is 0.480 e. The average molecular weight is 237 g/mol. The highest BCUT2D eigenvalue weighted by molar-refractivity contribution is 5.92. The maximum atomic E-state index is 11.4. The third-order valence-corrected chi connectivity index (χ3v) is 1.96. The molecule has 1 aromatic carbocycles. The van der Waals surface area contributed by atoms with Crippen LogP contribution >= 0.6 is 0 Å². The van der Waals surface area contributed by atoms with E-state index in [-0.39, 0.29) is 12.5 Å². The molecule has 5 nitrogen and oxygen atoms in total. The summed E-state index contributed by atoms with van der Waals surface area (Å²) in [5.41, 5.74) is 2.78. The van der Waals surface area contributed by atoms with Gasteiger partial charge in [0, 0.05) is 5.69 Å². The van der Waals surface area contributed by atoms with Crippen molar-refractivity contribution in [3.8, 4) is 0 Å². The van der Waals surface area contributed by atoms with Crippen LogP contribution in [-0.2, 0) is 14.3 Å². The van der Waals surface area contributed by atoms with Gasteiger partial charge < -0.3 is 15.2 Å². The second-order valence-corrected chi connectivity index (χ2v) is 3.81. The zero-order chi connectivity index (χ0) is 12.8. The average Bonchev–Trinajstić information content (AvgIpc) is 2.14. The monoisotopic (exact) mass is 237 g/mol. The summed E-state index contributed by atoms with van der Waals surface area (Å²) in [6.45, 7) is 3.13. The normalized spacial score (nSPS) is 10.0. The van der Waals surface area contributed by atoms with Gasteiger partial charge in [-0.25, -0.2) is 4.79 Å². The number of carbonyl (C=O) groups is 2. The van der Waals surface area contributed by atoms with Crippen molar-refractivity contribution in [3.63, 3.8) is 0 Å². The van der Waals surface area contributed by atoms with Crippen LogP contribution in [0.25, 0.3) is 0 Å². The Bertz CT molecular complexity index is 408. The van der Waals surface area contributed by atoms with Crippen LogP contribution in [0.5, 0.6) is 0 Å². The van der Waals surface area contributed by atoms with E-state index < -0.39 is 12.6 Å². The maximum absolute atomic E-state index is 11.4. The molecule has 2 N–H and O–H groups in total. The lowest BCUT2D eigenvalue weighted by molar-refractivity contribution is -0.143. The molecule has 0 aliphatic carbocycles. The number of hydrogen-bond donors (Lipinski definition) is 2. The van der Waals surface area contributed by atoms with E-state index in [4.69, 9.17) is 5.11 Å². The lowest BCUT2D eigenvalue weighted by atomic mass is 10.1. The number of carboxylic acids is 1. The van der Waals surface area contributed by atoms with Crippen LogP contribution in [-0.4, -0.2) is 30.2 Å². The summed E-state index contributed by atoms with van der Waals surface area (Å²) in [5.74, 6) is -1.46. The number of carboxylic acid groups (broad SMARTS) is 1. The molecule has 0 heterocycles. The zero-order valence-corrected chi connectivity index (χ0v) is 9.82. The van der Waals surface area contributed by atoms with Crippen molar-refractivity contribution in [1.29, 1.82) is 0 Å². The number of benzene rings is 1. The lowest BCUT2D eigenvalue weighted by Crippen LogP contribution is -2.20. The number of nitrogens with one attached hydrogen (secondary N) is 1. The van der Waals surface area contributed by atoms with Crippen LogP contribution in [0, 0.1) is 13.8 Å². The van der Waals surface area contributed by atoms with Gasteiger partial charge in [0.1, 0.15) is 13.2 Å². The first-order valence-electron chi connectivity index (χ1n) is 5.15. The Morgan fingerprint density at radius 1 is 1.18 bits per heavy atom. The first-order chi connectivity index (χ1) is 7.97. The van der Waals surface area contributed by atoms with Crippen molar-refractivity contribution in [2.75, 3.05) is 18.5 Å². The summed E-state index contributed by atoms with van der Waals surface area (Å²) in [5, 5.41) is 11.0. The van der Waals surface area contributed by atoms with E-state index >= 15 is 0 Å². The van der Waals surface area contributed by atoms with Crippen molar-refractivity contribution < 1.29 is 19.4 Å². The van der Waals surface area contributed by atoms with Crippen LogP contribution in [0.1, 0.15) is 11.1 Å². The van der Waals surface area contributed by atoms with Crippen molar-refractivity contribution in [1.82, 2.24) is 0 Å². The predicted octanol–water partition coefficient (Wildman–Crippen LogP) is 1.34. The molecular formula is C12H15NO4. The minimum atomic E-state index is -1.09. The first-order valence-corrected chi connectivity index (χ1v) is 5.15. The van der Waals surface area contributed by atoms with Gasteiger partial charge in [-0.05, 0) is 37.1 Å². The van der Waals surface area contributed by atoms with Crippen LogP contribution in [0.2, 0.25) is 0 Å². The molecule has 0 saturated carbocycles. The molecule has 0 aliphatic heterocycles. The van der Waals surface area contributed by atoms with Gasteiger partial charge in [-0.15, -0.1) is 0 Å². The highest BCUT2D eigenvalue weighted by atomic mass is 16.5. The highest BCUT2D eigenvalue weighted by Crippen LogP contribution is 2.13. The molecule has 0 unspecified atom stereocenters. The first kappa shape index (κ1) is 13.2. The Morgan fingerprint density at radius 2 is 1.76 bits per heavy atom. The number of hydrogen-bond acceptors (Lipinski definition) is 3. The van der Waals surface area contributed by atoms with E-state index in [0.29, 0.717) is 5.69 Å². The summed E-state index contributed by atoms with van der Waals surface area (Å²) in [6, 6.07) is 5.67. The Balaban J connectivity index is 2.47. The summed E-state index contributed by atoms with van der Waals surface area (Å²) < 4.78 is 4.68. The molecule has 0 radical (unpaired) electrons. The van der Waals surface area contributed by atoms with E-state index in [0.717, 1.165) is 11.1 Å². The van der Waals surface area contributed by atoms with Gasteiger partial charge in [-0.1, -0.05) is 6.07 Å². The SMILES string of the molecule is Cc1cc(C)cc(NC(=O)COCC(=O)O)c1. The Hall–Kier alpha value is -1.88. The van der Waals surface area contributed by atoms with Gasteiger partial charge in [0.2, 0.25) is 5.91 Å². The molecular weight excluding hydrogens is 222 g/mol. The third kappa shape index (κ3) is 5.12. The fourth-order valence-corrected chi connectivity index (χ4v) is 1.47. The van der Waals surface area contributed by atoms with Crippen LogP contribution in [0.15, 0.2) is 18.2 Å². The van der Waals surface area contributed by atoms with Gasteiger partial charge >= 0.3 is 5.97 Å². The van der Waals surface area contributed by atoms with Crippen molar-refractivity contribution in [2.24, 2.45) is 0 Å². The zero-order valence-electron chi connectivity index (χ0n) is 9.82. The van der Waals surface area contributed by atoms with E-state index in [2.05, 4.69) is 10.1 Å². The molecule has 0 bridgehead atoms. The fourth-order valence-electron chi connectivity index (χ4n) is 1.47. The Labute approximate surface area is 99.4 Å². The molecule has 0 saturated heterocycles. The molecule has 1 aromatic rings. The highest BCUT2D eigenvalue weighted by Gasteiger charge is 2.05. The standard InChI is InChI=1S/C12H15NO4/c1-8-3-9(2)5-10(4-8)13-11(14)6-17-7-12(15)16/h3-5H,6-7H2,1-2H3,(H,13,14)(H,15,16). The van der Waals surface area contributed by atoms with Gasteiger partial charge in [0.05, 0.1) is 0 Å². The fraction of sp³-hybridized carbons (Fsp3) is 0.333. The van der Waals surface area contributed by atoms with E-state index in [1.807, 2.05) is 32.0 Å². The number of anilines is 1. The number of ether oxygens (including phenoxy) is 1. The number of amides is 1. The third-order valence-electron chi connectivity index (χ3n) is 1.96. The predicted molar refractivity (Wildman–Crippen MR) is 63.0 cm³/mol. The van der Waals surface area contributed by atoms with E-state index in [1.165, 1.54) is 0 Å². The molecule has 0 aromatic heterocycles. The summed E-state index contributed by atoms with van der Waals surface area (Å²) in [6.07, 6.45) is 0. The smallest absolute Gasteiger partial charge is 0.329 e. The van der Waals surface area contributed by atoms with Crippen molar-refractivity contribution in [3.05, 3.63) is 29.3 Å². The topological polar surface area (TPSA) is 75.6 Å². The molecule has 1 rings (SSSR count). The molecule has 0 spiro atoms. The summed E-state index contributed by atoms with van der Waals surface area (Å²) >= 11 is 0. The molecule has 0 atom stereocenters. The minimum absolute atomic E-state index is 0.265. The molecule has 1 amide bonds. The molecule has 0 aliphatic rings. The molecule has 92 valence electrons. The lowest BCUT2D eigenvalue weighted by Gasteiger charge is -2.07. The molecule has 0 fully saturated rings. The minimum Gasteiger partial charge on any atom is -0.480 e. The maximum Gasteiger partial charge on any atom is 0.329 e. The number of aliphatic carboxylic acids is 1. The second-order valence-electron chi connectivity index (χ2n) is 3.81. The molecule has 5 heteroatoms. The second kappa shape index (κ2) is 6.00. The van der Waals surface area contributed by atoms with Crippen LogP contribution in [0.3, 0.4) is 0 Å². The van der Waals surface area contributed by atoms with Crippen molar-refractivity contribution in [2.45, 2.75) is 13.8 Å². The summed E-state index contributed by atoms with van der Waals surface area (Å²) in [7, 11) is 0. The van der Waals surface area contributed by atoms with Gasteiger partial charge in [-0.2, -0.15) is 0 Å².